The lowest BCUT2D eigenvalue weighted by Gasteiger charge is -2.28. The number of esters is 1. The first-order chi connectivity index (χ1) is 19.8. The van der Waals surface area contributed by atoms with Crippen molar-refractivity contribution < 1.29 is 27.2 Å². The molecule has 2 N–H and O–H groups in total. The van der Waals surface area contributed by atoms with Crippen LogP contribution in [0.1, 0.15) is 54.3 Å². The van der Waals surface area contributed by atoms with Gasteiger partial charge in [0.1, 0.15) is 0 Å². The number of carbonyl (C=O) groups is 2. The molecule has 1 aliphatic rings. The number of ether oxygens (including phenoxy) is 1. The highest BCUT2D eigenvalue weighted by Crippen LogP contribution is 2.37. The number of anilines is 3. The van der Waals surface area contributed by atoms with E-state index in [1.807, 2.05) is 24.3 Å². The first kappa shape index (κ1) is 28.0. The third-order valence-electron chi connectivity index (χ3n) is 7.24. The van der Waals surface area contributed by atoms with E-state index in [1.54, 1.807) is 30.3 Å². The van der Waals surface area contributed by atoms with E-state index >= 15 is 0 Å². The van der Waals surface area contributed by atoms with Gasteiger partial charge < -0.3 is 19.8 Å². The first-order valence-corrected chi connectivity index (χ1v) is 14.8. The van der Waals surface area contributed by atoms with Gasteiger partial charge in [-0.3, -0.25) is 9.59 Å². The van der Waals surface area contributed by atoms with E-state index in [2.05, 4.69) is 20.8 Å². The fourth-order valence-electron chi connectivity index (χ4n) is 5.01. The van der Waals surface area contributed by atoms with Crippen molar-refractivity contribution >= 4 is 39.1 Å². The number of amides is 1. The zero-order chi connectivity index (χ0) is 28.8. The Morgan fingerprint density at radius 2 is 1.59 bits per heavy atom. The first-order valence-electron chi connectivity index (χ1n) is 13.3. The molecule has 0 aliphatic heterocycles. The Morgan fingerprint density at radius 1 is 0.878 bits per heavy atom. The van der Waals surface area contributed by atoms with E-state index < -0.39 is 15.7 Å². The van der Waals surface area contributed by atoms with Gasteiger partial charge in [0.2, 0.25) is 9.84 Å². The Hall–Kier alpha value is -4.51. The average Bonchev–Trinajstić information content (AvgIpc) is 3.47. The van der Waals surface area contributed by atoms with Crippen molar-refractivity contribution in [3.8, 4) is 0 Å². The van der Waals surface area contributed by atoms with E-state index in [1.165, 1.54) is 36.9 Å². The van der Waals surface area contributed by atoms with Crippen LogP contribution in [0.15, 0.2) is 93.1 Å². The second kappa shape index (κ2) is 12.3. The van der Waals surface area contributed by atoms with Gasteiger partial charge in [0.15, 0.2) is 0 Å². The van der Waals surface area contributed by atoms with Crippen LogP contribution < -0.4 is 10.6 Å². The van der Waals surface area contributed by atoms with Crippen molar-refractivity contribution in [3.05, 3.63) is 90.3 Å². The average molecular weight is 575 g/mol. The van der Waals surface area contributed by atoms with Gasteiger partial charge in [-0.15, -0.1) is 5.10 Å². The molecule has 41 heavy (non-hydrogen) atoms. The minimum absolute atomic E-state index is 0.0532. The molecule has 3 aromatic carbocycles. The fraction of sp³-hybridized carbons (Fsp3) is 0.267. The molecule has 0 spiro atoms. The van der Waals surface area contributed by atoms with Crippen LogP contribution in [-0.4, -0.2) is 37.6 Å². The predicted octanol–water partition coefficient (Wildman–Crippen LogP) is 5.74. The number of hydrogen-bond acceptors (Lipinski definition) is 9. The Balaban J connectivity index is 1.17. The largest absolute Gasteiger partial charge is 0.469 e. The number of benzene rings is 3. The highest BCUT2D eigenvalue weighted by molar-refractivity contribution is 7.91. The third kappa shape index (κ3) is 6.80. The minimum Gasteiger partial charge on any atom is -0.469 e. The Bertz CT molecular complexity index is 1610. The van der Waals surface area contributed by atoms with Gasteiger partial charge in [-0.1, -0.05) is 41.5 Å². The predicted molar refractivity (Wildman–Crippen MR) is 152 cm³/mol. The number of aromatic nitrogens is 2. The molecule has 1 amide bonds. The molecule has 5 rings (SSSR count). The van der Waals surface area contributed by atoms with E-state index in [0.29, 0.717) is 29.6 Å². The summed E-state index contributed by atoms with van der Waals surface area (Å²) in [6, 6.07) is 22.0. The second-order valence-electron chi connectivity index (χ2n) is 9.96. The van der Waals surface area contributed by atoms with Gasteiger partial charge in [-0.05, 0) is 85.5 Å². The number of nitrogens with zero attached hydrogens (tertiary/aromatic N) is 2. The zero-order valence-electron chi connectivity index (χ0n) is 22.4. The molecule has 1 fully saturated rings. The number of sulfone groups is 1. The molecule has 10 nitrogen and oxygen atoms in total. The lowest BCUT2D eigenvalue weighted by atomic mass is 9.77. The van der Waals surface area contributed by atoms with Crippen molar-refractivity contribution in [1.82, 2.24) is 10.2 Å². The number of hydrogen-bond donors (Lipinski definition) is 2. The summed E-state index contributed by atoms with van der Waals surface area (Å²) >= 11 is 0. The maximum atomic E-state index is 12.9. The topological polar surface area (TPSA) is 140 Å². The number of methoxy groups -OCH3 is 1. The third-order valence-corrected chi connectivity index (χ3v) is 9.01. The molecule has 0 unspecified atom stereocenters. The Kier molecular flexibility index (Phi) is 8.44. The van der Waals surface area contributed by atoms with E-state index in [0.717, 1.165) is 25.7 Å². The van der Waals surface area contributed by atoms with Crippen LogP contribution in [0.25, 0.3) is 0 Å². The van der Waals surface area contributed by atoms with E-state index in [-0.39, 0.29) is 27.7 Å². The van der Waals surface area contributed by atoms with Crippen molar-refractivity contribution in [3.63, 3.8) is 0 Å². The van der Waals surface area contributed by atoms with Crippen LogP contribution in [0, 0.1) is 5.92 Å². The SMILES string of the molecule is COC(=O)CC1CCC(c2ccc(NC(=O)c3nnc(Nc4cccc(S(=O)(=O)c5ccccc5)c4)o3)cc2)CC1. The van der Waals surface area contributed by atoms with Gasteiger partial charge in [0.05, 0.1) is 16.9 Å². The summed E-state index contributed by atoms with van der Waals surface area (Å²) in [6.07, 6.45) is 4.46. The summed E-state index contributed by atoms with van der Waals surface area (Å²) in [4.78, 5) is 24.5. The number of carbonyl (C=O) groups excluding carboxylic acids is 2. The van der Waals surface area contributed by atoms with Gasteiger partial charge in [0.25, 0.3) is 0 Å². The van der Waals surface area contributed by atoms with Crippen LogP contribution in [0.3, 0.4) is 0 Å². The molecule has 212 valence electrons. The smallest absolute Gasteiger partial charge is 0.320 e. The summed E-state index contributed by atoms with van der Waals surface area (Å²) in [5, 5.41) is 13.3. The van der Waals surface area contributed by atoms with Gasteiger partial charge in [0, 0.05) is 17.8 Å². The molecule has 0 bridgehead atoms. The van der Waals surface area contributed by atoms with Crippen LogP contribution in [0.5, 0.6) is 0 Å². The molecule has 0 atom stereocenters. The maximum Gasteiger partial charge on any atom is 0.320 e. The highest BCUT2D eigenvalue weighted by Gasteiger charge is 2.25. The summed E-state index contributed by atoms with van der Waals surface area (Å²) in [7, 11) is -2.28. The van der Waals surface area contributed by atoms with Crippen LogP contribution in [-0.2, 0) is 19.4 Å². The number of rotatable bonds is 9. The monoisotopic (exact) mass is 574 g/mol. The van der Waals surface area contributed by atoms with Crippen molar-refractivity contribution in [2.45, 2.75) is 47.8 Å². The Labute approximate surface area is 238 Å². The molecule has 1 saturated carbocycles. The molecule has 0 radical (unpaired) electrons. The lowest BCUT2D eigenvalue weighted by Crippen LogP contribution is -2.17. The van der Waals surface area contributed by atoms with Crippen molar-refractivity contribution in [1.29, 1.82) is 0 Å². The van der Waals surface area contributed by atoms with Crippen LogP contribution >= 0.6 is 0 Å². The molecular weight excluding hydrogens is 544 g/mol. The van der Waals surface area contributed by atoms with Crippen molar-refractivity contribution in [2.24, 2.45) is 5.92 Å². The van der Waals surface area contributed by atoms with E-state index in [4.69, 9.17) is 9.15 Å². The normalized spacial score (nSPS) is 17.0. The van der Waals surface area contributed by atoms with Gasteiger partial charge in [-0.2, -0.15) is 0 Å². The quantitative estimate of drug-likeness (QED) is 0.240. The Morgan fingerprint density at radius 3 is 2.29 bits per heavy atom. The van der Waals surface area contributed by atoms with Crippen molar-refractivity contribution in [2.75, 3.05) is 17.7 Å². The summed E-state index contributed by atoms with van der Waals surface area (Å²) in [6.45, 7) is 0. The summed E-state index contributed by atoms with van der Waals surface area (Å²) in [5.74, 6) is -0.173. The second-order valence-corrected chi connectivity index (χ2v) is 11.9. The summed E-state index contributed by atoms with van der Waals surface area (Å²) < 4.78 is 36.1. The zero-order valence-corrected chi connectivity index (χ0v) is 23.3. The van der Waals surface area contributed by atoms with E-state index in [9.17, 15) is 18.0 Å². The molecule has 11 heteroatoms. The molecule has 1 aliphatic carbocycles. The molecule has 1 heterocycles. The lowest BCUT2D eigenvalue weighted by molar-refractivity contribution is -0.142. The molecule has 4 aromatic rings. The highest BCUT2D eigenvalue weighted by atomic mass is 32.2. The van der Waals surface area contributed by atoms with Gasteiger partial charge in [-0.25, -0.2) is 8.42 Å². The van der Waals surface area contributed by atoms with Crippen LogP contribution in [0.2, 0.25) is 0 Å². The van der Waals surface area contributed by atoms with Crippen LogP contribution in [0.4, 0.5) is 17.4 Å². The number of nitrogens with one attached hydrogen (secondary N) is 2. The maximum absolute atomic E-state index is 12.9. The molecular formula is C30H30N4O6S. The fourth-order valence-corrected chi connectivity index (χ4v) is 6.34. The minimum atomic E-state index is -3.70. The summed E-state index contributed by atoms with van der Waals surface area (Å²) in [5.41, 5.74) is 2.19. The standard InChI is InChI=1S/C30H30N4O6S/c1-39-27(35)18-20-10-12-21(13-11-20)22-14-16-23(17-15-22)31-28(36)29-33-34-30(40-29)32-24-6-5-9-26(19-24)41(37,38)25-7-3-2-4-8-25/h2-9,14-17,19-21H,10-13,18H2,1H3,(H,31,36)(H,32,34). The molecule has 1 aromatic heterocycles. The van der Waals surface area contributed by atoms with Gasteiger partial charge >= 0.3 is 23.8 Å². The molecule has 0 saturated heterocycles.